The Kier molecular flexibility index (Phi) is 4.58. The van der Waals surface area contributed by atoms with Crippen LogP contribution in [0.15, 0.2) is 18.2 Å². The van der Waals surface area contributed by atoms with Crippen molar-refractivity contribution in [3.05, 3.63) is 23.8 Å². The molecule has 8 unspecified atom stereocenters. The van der Waals surface area contributed by atoms with E-state index in [0.29, 0.717) is 23.5 Å². The molecule has 8 atom stereocenters. The van der Waals surface area contributed by atoms with Crippen LogP contribution in [0.1, 0.15) is 78.2 Å². The molecular formula is C28H40O4. The summed E-state index contributed by atoms with van der Waals surface area (Å²) in [6.07, 6.45) is 9.65. The van der Waals surface area contributed by atoms with E-state index in [1.807, 2.05) is 12.1 Å². The Hall–Kier alpha value is -1.26. The summed E-state index contributed by atoms with van der Waals surface area (Å²) in [6.45, 7) is 11.1. The van der Waals surface area contributed by atoms with Crippen molar-refractivity contribution in [1.29, 1.82) is 0 Å². The lowest BCUT2D eigenvalue weighted by atomic mass is 9.36. The molecule has 1 saturated heterocycles. The molecule has 2 bridgehead atoms. The molecule has 6 rings (SSSR count). The molecule has 32 heavy (non-hydrogen) atoms. The zero-order valence-electron chi connectivity index (χ0n) is 20.3. The normalized spacial score (nSPS) is 49.1. The summed E-state index contributed by atoms with van der Waals surface area (Å²) < 4.78 is 19.5. The Morgan fingerprint density at radius 2 is 1.78 bits per heavy atom. The maximum Gasteiger partial charge on any atom is 0.163 e. The van der Waals surface area contributed by atoms with Crippen LogP contribution in [0.5, 0.6) is 11.5 Å². The van der Waals surface area contributed by atoms with E-state index in [2.05, 4.69) is 27.7 Å². The van der Waals surface area contributed by atoms with Gasteiger partial charge in [0.2, 0.25) is 0 Å². The average Bonchev–Trinajstić information content (AvgIpc) is 2.74. The SMILES string of the molecule is CCOC1OCC23CCCC1(C)C2CCC1(C)C2Cc4cc(O)ccc4OC2(C)CCC13. The maximum absolute atomic E-state index is 10.1. The molecule has 0 aromatic heterocycles. The van der Waals surface area contributed by atoms with Gasteiger partial charge in [-0.05, 0) is 99.8 Å². The zero-order valence-corrected chi connectivity index (χ0v) is 20.3. The third kappa shape index (κ3) is 2.63. The monoisotopic (exact) mass is 440 g/mol. The number of benzene rings is 1. The molecule has 5 aliphatic rings. The quantitative estimate of drug-likeness (QED) is 0.604. The minimum atomic E-state index is -0.125. The maximum atomic E-state index is 10.1. The topological polar surface area (TPSA) is 47.9 Å². The molecule has 1 N–H and O–H groups in total. The fraction of sp³-hybridized carbons (Fsp3) is 0.786. The number of ether oxygens (including phenoxy) is 3. The van der Waals surface area contributed by atoms with E-state index in [9.17, 15) is 5.11 Å². The summed E-state index contributed by atoms with van der Waals surface area (Å²) in [4.78, 5) is 0. The highest BCUT2D eigenvalue weighted by Crippen LogP contribution is 2.73. The molecule has 4 heteroatoms. The van der Waals surface area contributed by atoms with Crippen LogP contribution in [0, 0.1) is 34.0 Å². The summed E-state index contributed by atoms with van der Waals surface area (Å²) in [5.41, 5.74) is 1.69. The summed E-state index contributed by atoms with van der Waals surface area (Å²) >= 11 is 0. The van der Waals surface area contributed by atoms with Crippen molar-refractivity contribution in [1.82, 2.24) is 0 Å². The van der Waals surface area contributed by atoms with E-state index in [1.54, 1.807) is 6.07 Å². The molecule has 4 nitrogen and oxygen atoms in total. The Morgan fingerprint density at radius 3 is 2.59 bits per heavy atom. The molecular weight excluding hydrogens is 400 g/mol. The number of hydrogen-bond donors (Lipinski definition) is 1. The van der Waals surface area contributed by atoms with Gasteiger partial charge in [0.15, 0.2) is 6.29 Å². The van der Waals surface area contributed by atoms with E-state index < -0.39 is 0 Å². The first-order valence-corrected chi connectivity index (χ1v) is 13.0. The van der Waals surface area contributed by atoms with E-state index in [0.717, 1.165) is 31.8 Å². The van der Waals surface area contributed by atoms with E-state index in [4.69, 9.17) is 14.2 Å². The average molecular weight is 441 g/mol. The van der Waals surface area contributed by atoms with Gasteiger partial charge in [-0.2, -0.15) is 0 Å². The fourth-order valence-corrected chi connectivity index (χ4v) is 9.69. The van der Waals surface area contributed by atoms with Crippen molar-refractivity contribution in [2.24, 2.45) is 34.0 Å². The Labute approximate surface area is 193 Å². The first kappa shape index (κ1) is 21.3. The van der Waals surface area contributed by atoms with Gasteiger partial charge >= 0.3 is 0 Å². The van der Waals surface area contributed by atoms with Gasteiger partial charge < -0.3 is 19.3 Å². The van der Waals surface area contributed by atoms with E-state index >= 15 is 0 Å². The molecule has 1 aromatic rings. The summed E-state index contributed by atoms with van der Waals surface area (Å²) in [5, 5.41) is 10.1. The van der Waals surface area contributed by atoms with Crippen molar-refractivity contribution >= 4 is 0 Å². The molecule has 0 amide bonds. The second kappa shape index (κ2) is 6.88. The van der Waals surface area contributed by atoms with Gasteiger partial charge in [-0.1, -0.05) is 20.3 Å². The largest absolute Gasteiger partial charge is 0.508 e. The molecule has 2 heterocycles. The van der Waals surface area contributed by atoms with Crippen LogP contribution in [0.2, 0.25) is 0 Å². The molecule has 176 valence electrons. The highest BCUT2D eigenvalue weighted by atomic mass is 16.7. The minimum Gasteiger partial charge on any atom is -0.508 e. The van der Waals surface area contributed by atoms with Crippen LogP contribution in [-0.2, 0) is 15.9 Å². The van der Waals surface area contributed by atoms with E-state index in [1.165, 1.54) is 44.1 Å². The lowest BCUT2D eigenvalue weighted by Gasteiger charge is -2.71. The number of rotatable bonds is 2. The third-order valence-electron chi connectivity index (χ3n) is 10.9. The van der Waals surface area contributed by atoms with Gasteiger partial charge in [-0.3, -0.25) is 0 Å². The standard InChI is InChI=1S/C28H40O4/c1-5-30-24-26(3)11-6-12-28(17-31-24)21-10-14-27(4)23(25(21,2)13-9-22(26)28)16-18-15-19(29)7-8-20(18)32-27/h7-8,15,21-24,29H,5-6,9-14,16-17H2,1-4H3. The lowest BCUT2D eigenvalue weighted by molar-refractivity contribution is -0.337. The fourth-order valence-electron chi connectivity index (χ4n) is 9.69. The highest BCUT2D eigenvalue weighted by Gasteiger charge is 2.70. The first-order chi connectivity index (χ1) is 15.3. The lowest BCUT2D eigenvalue weighted by Crippen LogP contribution is -2.70. The predicted molar refractivity (Wildman–Crippen MR) is 124 cm³/mol. The first-order valence-electron chi connectivity index (χ1n) is 13.0. The Morgan fingerprint density at radius 1 is 1.00 bits per heavy atom. The second-order valence-electron chi connectivity index (χ2n) is 12.3. The molecule has 0 spiro atoms. The molecule has 1 aromatic carbocycles. The number of phenols is 1. The summed E-state index contributed by atoms with van der Waals surface area (Å²) in [5.74, 6) is 3.15. The molecule has 4 fully saturated rings. The van der Waals surface area contributed by atoms with Crippen LogP contribution in [0.4, 0.5) is 0 Å². The van der Waals surface area contributed by atoms with Crippen molar-refractivity contribution in [2.45, 2.75) is 91.0 Å². The number of phenolic OH excluding ortho intramolecular Hbond substituents is 1. The van der Waals surface area contributed by atoms with Crippen molar-refractivity contribution < 1.29 is 19.3 Å². The second-order valence-corrected chi connectivity index (χ2v) is 12.3. The minimum absolute atomic E-state index is 0.0444. The van der Waals surface area contributed by atoms with Crippen molar-refractivity contribution in [3.8, 4) is 11.5 Å². The van der Waals surface area contributed by atoms with Crippen LogP contribution in [0.25, 0.3) is 0 Å². The van der Waals surface area contributed by atoms with Gasteiger partial charge in [0.1, 0.15) is 17.1 Å². The van der Waals surface area contributed by atoms with Crippen molar-refractivity contribution in [2.75, 3.05) is 13.2 Å². The Balaban J connectivity index is 1.39. The number of fused-ring (bicyclic) bond motifs is 4. The van der Waals surface area contributed by atoms with Crippen LogP contribution in [0.3, 0.4) is 0 Å². The third-order valence-corrected chi connectivity index (χ3v) is 10.9. The van der Waals surface area contributed by atoms with Crippen LogP contribution >= 0.6 is 0 Å². The van der Waals surface area contributed by atoms with Crippen LogP contribution < -0.4 is 4.74 Å². The predicted octanol–water partition coefficient (Wildman–Crippen LogP) is 6.10. The summed E-state index contributed by atoms with van der Waals surface area (Å²) in [6, 6.07) is 5.66. The van der Waals surface area contributed by atoms with Gasteiger partial charge in [-0.15, -0.1) is 0 Å². The van der Waals surface area contributed by atoms with E-state index in [-0.39, 0.29) is 28.1 Å². The van der Waals surface area contributed by atoms with Gasteiger partial charge in [0, 0.05) is 23.4 Å². The summed E-state index contributed by atoms with van der Waals surface area (Å²) in [7, 11) is 0. The molecule has 2 aliphatic heterocycles. The molecule has 3 aliphatic carbocycles. The van der Waals surface area contributed by atoms with Gasteiger partial charge in [-0.25, -0.2) is 0 Å². The van der Waals surface area contributed by atoms with Gasteiger partial charge in [0.05, 0.1) is 6.61 Å². The molecule has 3 saturated carbocycles. The van der Waals surface area contributed by atoms with Gasteiger partial charge in [0.25, 0.3) is 0 Å². The molecule has 0 radical (unpaired) electrons. The number of aromatic hydroxyl groups is 1. The Bertz CT molecular complexity index is 915. The smallest absolute Gasteiger partial charge is 0.163 e. The highest BCUT2D eigenvalue weighted by molar-refractivity contribution is 5.43. The van der Waals surface area contributed by atoms with Crippen LogP contribution in [-0.4, -0.2) is 30.2 Å². The zero-order chi connectivity index (χ0) is 22.4. The van der Waals surface area contributed by atoms with Crippen molar-refractivity contribution in [3.63, 3.8) is 0 Å². The number of hydrogen-bond acceptors (Lipinski definition) is 4.